The molecule has 0 saturated heterocycles. The summed E-state index contributed by atoms with van der Waals surface area (Å²) in [5.74, 6) is 1.99. The first-order chi connectivity index (χ1) is 8.65. The van der Waals surface area contributed by atoms with Gasteiger partial charge in [-0.3, -0.25) is 0 Å². The van der Waals surface area contributed by atoms with E-state index in [9.17, 15) is 0 Å². The van der Waals surface area contributed by atoms with Crippen molar-refractivity contribution in [3.05, 3.63) is 11.9 Å². The number of hydrogen-bond acceptors (Lipinski definition) is 5. The summed E-state index contributed by atoms with van der Waals surface area (Å²) in [6.07, 6.45) is 1.51. The molecule has 0 atom stereocenters. The number of rotatable bonds is 8. The maximum Gasteiger partial charge on any atom is 0.221 e. The average Bonchev–Trinajstić information content (AvgIpc) is 2.33. The van der Waals surface area contributed by atoms with Crippen LogP contribution in [0.3, 0.4) is 0 Å². The lowest BCUT2D eigenvalue weighted by molar-refractivity contribution is 0.0804. The molecule has 0 aromatic carbocycles. The van der Waals surface area contributed by atoms with Crippen molar-refractivity contribution in [1.82, 2.24) is 9.97 Å². The highest BCUT2D eigenvalue weighted by Crippen LogP contribution is 2.19. The van der Waals surface area contributed by atoms with Crippen LogP contribution in [0.25, 0.3) is 0 Å². The van der Waals surface area contributed by atoms with Crippen LogP contribution >= 0.6 is 0 Å². The SMILES string of the molecule is CCNc1ncnc(OCCOCC(C)C)c1C. The van der Waals surface area contributed by atoms with Gasteiger partial charge in [0.15, 0.2) is 0 Å². The Morgan fingerprint density at radius 3 is 2.72 bits per heavy atom. The fourth-order valence-electron chi connectivity index (χ4n) is 1.44. The molecule has 1 rings (SSSR count). The van der Waals surface area contributed by atoms with E-state index >= 15 is 0 Å². The Hall–Kier alpha value is -1.36. The van der Waals surface area contributed by atoms with Crippen molar-refractivity contribution >= 4 is 5.82 Å². The van der Waals surface area contributed by atoms with Crippen LogP contribution in [0.1, 0.15) is 26.3 Å². The monoisotopic (exact) mass is 253 g/mol. The molecule has 18 heavy (non-hydrogen) atoms. The van der Waals surface area contributed by atoms with Gasteiger partial charge in [-0.2, -0.15) is 0 Å². The zero-order valence-electron chi connectivity index (χ0n) is 11.7. The molecule has 0 aliphatic rings. The fraction of sp³-hybridized carbons (Fsp3) is 0.692. The average molecular weight is 253 g/mol. The first-order valence-electron chi connectivity index (χ1n) is 6.41. The summed E-state index contributed by atoms with van der Waals surface area (Å²) in [5, 5.41) is 3.17. The summed E-state index contributed by atoms with van der Waals surface area (Å²) in [4.78, 5) is 8.29. The van der Waals surface area contributed by atoms with Crippen LogP contribution in [0, 0.1) is 12.8 Å². The second-order valence-corrected chi connectivity index (χ2v) is 4.50. The number of anilines is 1. The van der Waals surface area contributed by atoms with Crippen molar-refractivity contribution in [3.63, 3.8) is 0 Å². The normalized spacial score (nSPS) is 10.7. The van der Waals surface area contributed by atoms with Crippen molar-refractivity contribution in [2.75, 3.05) is 31.7 Å². The first kappa shape index (κ1) is 14.7. The lowest BCUT2D eigenvalue weighted by atomic mass is 10.2. The molecule has 0 aliphatic heterocycles. The highest BCUT2D eigenvalue weighted by Gasteiger charge is 2.07. The molecule has 0 fully saturated rings. The Morgan fingerprint density at radius 1 is 1.28 bits per heavy atom. The second kappa shape index (κ2) is 7.87. The summed E-state index contributed by atoms with van der Waals surface area (Å²) in [6, 6.07) is 0. The van der Waals surface area contributed by atoms with Gasteiger partial charge in [0, 0.05) is 13.2 Å². The quantitative estimate of drug-likeness (QED) is 0.720. The Labute approximate surface area is 109 Å². The van der Waals surface area contributed by atoms with Gasteiger partial charge in [-0.25, -0.2) is 9.97 Å². The molecule has 0 unspecified atom stereocenters. The van der Waals surface area contributed by atoms with Gasteiger partial charge in [0.1, 0.15) is 18.8 Å². The third kappa shape index (κ3) is 4.87. The third-order valence-corrected chi connectivity index (χ3v) is 2.30. The minimum absolute atomic E-state index is 0.510. The molecule has 5 heteroatoms. The number of ether oxygens (including phenoxy) is 2. The standard InChI is InChI=1S/C13H23N3O2/c1-5-14-12-11(4)13(16-9-15-12)18-7-6-17-8-10(2)3/h9-10H,5-8H2,1-4H3,(H,14,15,16). The number of aromatic nitrogens is 2. The highest BCUT2D eigenvalue weighted by molar-refractivity contribution is 5.47. The van der Waals surface area contributed by atoms with Gasteiger partial charge in [0.25, 0.3) is 0 Å². The zero-order valence-corrected chi connectivity index (χ0v) is 11.7. The fourth-order valence-corrected chi connectivity index (χ4v) is 1.44. The van der Waals surface area contributed by atoms with Crippen LogP contribution < -0.4 is 10.1 Å². The van der Waals surface area contributed by atoms with Gasteiger partial charge in [0.2, 0.25) is 5.88 Å². The number of hydrogen-bond donors (Lipinski definition) is 1. The van der Waals surface area contributed by atoms with Crippen LogP contribution in [0.15, 0.2) is 6.33 Å². The van der Waals surface area contributed by atoms with Crippen LogP contribution in [0.4, 0.5) is 5.82 Å². The van der Waals surface area contributed by atoms with E-state index in [1.54, 1.807) is 0 Å². The van der Waals surface area contributed by atoms with E-state index < -0.39 is 0 Å². The predicted molar refractivity (Wildman–Crippen MR) is 72.1 cm³/mol. The molecule has 1 aromatic heterocycles. The molecule has 102 valence electrons. The van der Waals surface area contributed by atoms with Crippen LogP contribution in [0.2, 0.25) is 0 Å². The van der Waals surface area contributed by atoms with Crippen LogP contribution in [-0.2, 0) is 4.74 Å². The van der Waals surface area contributed by atoms with Crippen molar-refractivity contribution in [1.29, 1.82) is 0 Å². The van der Waals surface area contributed by atoms with Crippen LogP contribution in [-0.4, -0.2) is 36.3 Å². The van der Waals surface area contributed by atoms with Crippen molar-refractivity contribution in [2.24, 2.45) is 5.92 Å². The molecular weight excluding hydrogens is 230 g/mol. The summed E-state index contributed by atoms with van der Waals surface area (Å²) in [5.41, 5.74) is 0.934. The minimum Gasteiger partial charge on any atom is -0.475 e. The molecule has 1 aromatic rings. The van der Waals surface area contributed by atoms with E-state index in [0.29, 0.717) is 25.0 Å². The van der Waals surface area contributed by atoms with E-state index in [0.717, 1.165) is 24.5 Å². The smallest absolute Gasteiger partial charge is 0.221 e. The molecule has 1 heterocycles. The summed E-state index contributed by atoms with van der Waals surface area (Å²) in [6.45, 7) is 10.9. The summed E-state index contributed by atoms with van der Waals surface area (Å²) < 4.78 is 11.0. The lowest BCUT2D eigenvalue weighted by Crippen LogP contribution is -2.12. The zero-order chi connectivity index (χ0) is 13.4. The topological polar surface area (TPSA) is 56.3 Å². The van der Waals surface area contributed by atoms with Crippen molar-refractivity contribution in [3.8, 4) is 5.88 Å². The van der Waals surface area contributed by atoms with Gasteiger partial charge < -0.3 is 14.8 Å². The van der Waals surface area contributed by atoms with E-state index in [1.165, 1.54) is 6.33 Å². The van der Waals surface area contributed by atoms with E-state index in [-0.39, 0.29) is 0 Å². The molecule has 0 saturated carbocycles. The van der Waals surface area contributed by atoms with Gasteiger partial charge >= 0.3 is 0 Å². The second-order valence-electron chi connectivity index (χ2n) is 4.50. The van der Waals surface area contributed by atoms with Gasteiger partial charge in [-0.05, 0) is 19.8 Å². The summed E-state index contributed by atoms with van der Waals surface area (Å²) in [7, 11) is 0. The van der Waals surface area contributed by atoms with E-state index in [1.807, 2.05) is 13.8 Å². The largest absolute Gasteiger partial charge is 0.475 e. The molecule has 5 nitrogen and oxygen atoms in total. The van der Waals surface area contributed by atoms with Gasteiger partial charge in [-0.1, -0.05) is 13.8 Å². The Balaban J connectivity index is 2.40. The molecule has 0 amide bonds. The Morgan fingerprint density at radius 2 is 2.06 bits per heavy atom. The number of nitrogens with zero attached hydrogens (tertiary/aromatic N) is 2. The predicted octanol–water partition coefficient (Wildman–Crippen LogP) is 2.27. The third-order valence-electron chi connectivity index (χ3n) is 2.30. The van der Waals surface area contributed by atoms with Crippen molar-refractivity contribution in [2.45, 2.75) is 27.7 Å². The lowest BCUT2D eigenvalue weighted by Gasteiger charge is -2.11. The summed E-state index contributed by atoms with van der Waals surface area (Å²) >= 11 is 0. The molecule has 0 radical (unpaired) electrons. The molecular formula is C13H23N3O2. The van der Waals surface area contributed by atoms with Gasteiger partial charge in [0.05, 0.1) is 12.2 Å². The Kier molecular flexibility index (Phi) is 6.43. The van der Waals surface area contributed by atoms with E-state index in [2.05, 4.69) is 29.1 Å². The molecule has 0 aliphatic carbocycles. The minimum atomic E-state index is 0.510. The van der Waals surface area contributed by atoms with Crippen molar-refractivity contribution < 1.29 is 9.47 Å². The van der Waals surface area contributed by atoms with Crippen LogP contribution in [0.5, 0.6) is 5.88 Å². The first-order valence-corrected chi connectivity index (χ1v) is 6.41. The number of nitrogens with one attached hydrogen (secondary N) is 1. The van der Waals surface area contributed by atoms with Gasteiger partial charge in [-0.15, -0.1) is 0 Å². The molecule has 0 spiro atoms. The van der Waals surface area contributed by atoms with E-state index in [4.69, 9.17) is 9.47 Å². The maximum atomic E-state index is 5.59. The Bertz CT molecular complexity index is 356. The maximum absolute atomic E-state index is 5.59. The molecule has 1 N–H and O–H groups in total. The highest BCUT2D eigenvalue weighted by atomic mass is 16.5. The molecule has 0 bridgehead atoms.